The fraction of sp³-hybridized carbons (Fsp3) is 0.125. The first-order valence-corrected chi connectivity index (χ1v) is 9.24. The molecule has 27 heavy (non-hydrogen) atoms. The summed E-state index contributed by atoms with van der Waals surface area (Å²) >= 11 is 0. The number of carbonyl (C=O) groups excluding carboxylic acids is 1. The van der Waals surface area contributed by atoms with Crippen molar-refractivity contribution >= 4 is 16.8 Å². The van der Waals surface area contributed by atoms with E-state index >= 15 is 0 Å². The van der Waals surface area contributed by atoms with Crippen LogP contribution in [0.3, 0.4) is 0 Å². The average Bonchev–Trinajstić information content (AvgIpc) is 3.16. The maximum atomic E-state index is 13.4. The SMILES string of the molecule is O=C(c1c[nH]c2ccccc12)N(CCc1ccccc1)Cc1ccccc1. The van der Waals surface area contributed by atoms with Crippen LogP contribution in [0, 0.1) is 0 Å². The Morgan fingerprint density at radius 2 is 1.41 bits per heavy atom. The largest absolute Gasteiger partial charge is 0.360 e. The molecule has 3 heteroatoms. The number of hydrogen-bond donors (Lipinski definition) is 1. The van der Waals surface area contributed by atoms with Crippen molar-refractivity contribution in [1.82, 2.24) is 9.88 Å². The van der Waals surface area contributed by atoms with E-state index in [-0.39, 0.29) is 5.91 Å². The summed E-state index contributed by atoms with van der Waals surface area (Å²) in [5.41, 5.74) is 4.10. The van der Waals surface area contributed by atoms with Gasteiger partial charge < -0.3 is 9.88 Å². The maximum Gasteiger partial charge on any atom is 0.256 e. The van der Waals surface area contributed by atoms with Gasteiger partial charge in [0.1, 0.15) is 0 Å². The smallest absolute Gasteiger partial charge is 0.256 e. The fourth-order valence-corrected chi connectivity index (χ4v) is 3.38. The van der Waals surface area contributed by atoms with E-state index in [0.717, 1.165) is 28.5 Å². The highest BCUT2D eigenvalue weighted by Crippen LogP contribution is 2.20. The molecule has 3 nitrogen and oxygen atoms in total. The normalized spacial score (nSPS) is 10.8. The van der Waals surface area contributed by atoms with Gasteiger partial charge in [0.2, 0.25) is 0 Å². The number of nitrogens with zero attached hydrogens (tertiary/aromatic N) is 1. The predicted molar refractivity (Wildman–Crippen MR) is 110 cm³/mol. The van der Waals surface area contributed by atoms with E-state index in [1.54, 1.807) is 0 Å². The van der Waals surface area contributed by atoms with Gasteiger partial charge in [-0.1, -0.05) is 78.9 Å². The van der Waals surface area contributed by atoms with Crippen molar-refractivity contribution in [3.63, 3.8) is 0 Å². The number of carbonyl (C=O) groups is 1. The molecule has 0 aliphatic rings. The summed E-state index contributed by atoms with van der Waals surface area (Å²) in [6, 6.07) is 28.4. The van der Waals surface area contributed by atoms with Crippen LogP contribution in [0.25, 0.3) is 10.9 Å². The Bertz CT molecular complexity index is 1020. The highest BCUT2D eigenvalue weighted by atomic mass is 16.2. The summed E-state index contributed by atoms with van der Waals surface area (Å²) < 4.78 is 0. The third-order valence-electron chi connectivity index (χ3n) is 4.84. The summed E-state index contributed by atoms with van der Waals surface area (Å²) in [6.45, 7) is 1.28. The third-order valence-corrected chi connectivity index (χ3v) is 4.84. The average molecular weight is 354 g/mol. The Morgan fingerprint density at radius 3 is 2.15 bits per heavy atom. The van der Waals surface area contributed by atoms with Crippen LogP contribution in [-0.2, 0) is 13.0 Å². The minimum atomic E-state index is 0.0623. The summed E-state index contributed by atoms with van der Waals surface area (Å²) in [4.78, 5) is 18.5. The highest BCUT2D eigenvalue weighted by molar-refractivity contribution is 6.06. The molecule has 134 valence electrons. The number of hydrogen-bond acceptors (Lipinski definition) is 1. The summed E-state index contributed by atoms with van der Waals surface area (Å²) in [5, 5.41) is 0.972. The number of nitrogens with one attached hydrogen (secondary N) is 1. The Morgan fingerprint density at radius 1 is 0.778 bits per heavy atom. The van der Waals surface area contributed by atoms with Gasteiger partial charge in [-0.05, 0) is 23.6 Å². The molecule has 4 rings (SSSR count). The van der Waals surface area contributed by atoms with Gasteiger partial charge >= 0.3 is 0 Å². The molecule has 0 bridgehead atoms. The molecule has 4 aromatic rings. The zero-order valence-corrected chi connectivity index (χ0v) is 15.1. The van der Waals surface area contributed by atoms with Gasteiger partial charge in [0.05, 0.1) is 5.56 Å². The Labute approximate surface area is 159 Å². The van der Waals surface area contributed by atoms with Gasteiger partial charge in [0.15, 0.2) is 0 Å². The van der Waals surface area contributed by atoms with Crippen LogP contribution in [0.1, 0.15) is 21.5 Å². The summed E-state index contributed by atoms with van der Waals surface area (Å²) in [7, 11) is 0. The number of amides is 1. The molecule has 1 amide bonds. The lowest BCUT2D eigenvalue weighted by atomic mass is 10.1. The summed E-state index contributed by atoms with van der Waals surface area (Å²) in [5.74, 6) is 0.0623. The van der Waals surface area contributed by atoms with Crippen LogP contribution in [0.2, 0.25) is 0 Å². The van der Waals surface area contributed by atoms with Crippen LogP contribution in [0.5, 0.6) is 0 Å². The van der Waals surface area contributed by atoms with Gasteiger partial charge in [0.25, 0.3) is 5.91 Å². The van der Waals surface area contributed by atoms with Crippen molar-refractivity contribution in [2.45, 2.75) is 13.0 Å². The van der Waals surface area contributed by atoms with E-state index in [2.05, 4.69) is 29.2 Å². The molecule has 1 heterocycles. The fourth-order valence-electron chi connectivity index (χ4n) is 3.38. The van der Waals surface area contributed by atoms with Crippen molar-refractivity contribution in [1.29, 1.82) is 0 Å². The lowest BCUT2D eigenvalue weighted by molar-refractivity contribution is 0.0747. The number of rotatable bonds is 6. The van der Waals surface area contributed by atoms with Gasteiger partial charge in [-0.15, -0.1) is 0 Å². The molecule has 0 spiro atoms. The number of aromatic nitrogens is 1. The second kappa shape index (κ2) is 7.92. The quantitative estimate of drug-likeness (QED) is 0.516. The zero-order chi connectivity index (χ0) is 18.5. The molecular weight excluding hydrogens is 332 g/mol. The van der Waals surface area contributed by atoms with Gasteiger partial charge in [-0.3, -0.25) is 4.79 Å². The molecule has 3 aromatic carbocycles. The first-order valence-electron chi connectivity index (χ1n) is 9.24. The molecule has 0 aliphatic carbocycles. The Kier molecular flexibility index (Phi) is 5.01. The lowest BCUT2D eigenvalue weighted by Gasteiger charge is -2.23. The minimum absolute atomic E-state index is 0.0623. The third kappa shape index (κ3) is 3.93. The maximum absolute atomic E-state index is 13.4. The van der Waals surface area contributed by atoms with Crippen molar-refractivity contribution in [2.75, 3.05) is 6.54 Å². The van der Waals surface area contributed by atoms with E-state index in [0.29, 0.717) is 13.1 Å². The first kappa shape index (κ1) is 17.1. The van der Waals surface area contributed by atoms with Crippen molar-refractivity contribution in [3.05, 3.63) is 108 Å². The van der Waals surface area contributed by atoms with Gasteiger partial charge in [0, 0.05) is 30.2 Å². The minimum Gasteiger partial charge on any atom is -0.360 e. The molecule has 0 aliphatic heterocycles. The number of para-hydroxylation sites is 1. The van der Waals surface area contributed by atoms with Crippen LogP contribution in [-0.4, -0.2) is 22.3 Å². The molecule has 0 unspecified atom stereocenters. The first-order chi connectivity index (χ1) is 13.3. The van der Waals surface area contributed by atoms with Crippen LogP contribution >= 0.6 is 0 Å². The molecule has 1 aromatic heterocycles. The number of H-pyrrole nitrogens is 1. The highest BCUT2D eigenvalue weighted by Gasteiger charge is 2.19. The van der Waals surface area contributed by atoms with Crippen molar-refractivity contribution in [2.24, 2.45) is 0 Å². The Hall–Kier alpha value is -3.33. The van der Waals surface area contributed by atoms with Crippen LogP contribution in [0.4, 0.5) is 0 Å². The number of benzene rings is 3. The molecule has 0 saturated heterocycles. The molecule has 0 saturated carbocycles. The second-order valence-electron chi connectivity index (χ2n) is 6.70. The van der Waals surface area contributed by atoms with E-state index < -0.39 is 0 Å². The van der Waals surface area contributed by atoms with E-state index in [4.69, 9.17) is 0 Å². The molecule has 0 radical (unpaired) electrons. The molecule has 0 fully saturated rings. The van der Waals surface area contributed by atoms with E-state index in [1.165, 1.54) is 5.56 Å². The van der Waals surface area contributed by atoms with Crippen LogP contribution < -0.4 is 0 Å². The number of fused-ring (bicyclic) bond motifs is 1. The van der Waals surface area contributed by atoms with E-state index in [9.17, 15) is 4.79 Å². The van der Waals surface area contributed by atoms with Gasteiger partial charge in [-0.2, -0.15) is 0 Å². The molecular formula is C24H22N2O. The molecule has 1 N–H and O–H groups in total. The predicted octanol–water partition coefficient (Wildman–Crippen LogP) is 5.05. The summed E-state index contributed by atoms with van der Waals surface area (Å²) in [6.07, 6.45) is 2.66. The lowest BCUT2D eigenvalue weighted by Crippen LogP contribution is -2.32. The standard InChI is InChI=1S/C24H22N2O/c27-24(22-17-25-23-14-8-7-13-21(22)23)26(18-20-11-5-2-6-12-20)16-15-19-9-3-1-4-10-19/h1-14,17,25H,15-16,18H2. The zero-order valence-electron chi connectivity index (χ0n) is 15.1. The van der Waals surface area contributed by atoms with Gasteiger partial charge in [-0.25, -0.2) is 0 Å². The monoisotopic (exact) mass is 354 g/mol. The number of aromatic amines is 1. The Balaban J connectivity index is 1.60. The molecule has 0 atom stereocenters. The van der Waals surface area contributed by atoms with Crippen molar-refractivity contribution in [3.8, 4) is 0 Å². The topological polar surface area (TPSA) is 36.1 Å². The van der Waals surface area contributed by atoms with Crippen LogP contribution in [0.15, 0.2) is 91.1 Å². The second-order valence-corrected chi connectivity index (χ2v) is 6.70. The van der Waals surface area contributed by atoms with Crippen molar-refractivity contribution < 1.29 is 4.79 Å². The van der Waals surface area contributed by atoms with E-state index in [1.807, 2.05) is 71.8 Å².